The second-order valence-corrected chi connectivity index (χ2v) is 29.3. The Morgan fingerprint density at radius 2 is 0.495 bits per heavy atom. The summed E-state index contributed by atoms with van der Waals surface area (Å²) in [5, 5.41) is 0. The Hall–Kier alpha value is -9.78. The molecule has 103 heavy (non-hydrogen) atoms. The second-order valence-electron chi connectivity index (χ2n) is 29.3. The van der Waals surface area contributed by atoms with Crippen molar-refractivity contribution in [2.24, 2.45) is 42.3 Å². The van der Waals surface area contributed by atoms with Gasteiger partial charge in [-0.15, -0.1) is 0 Å². The van der Waals surface area contributed by atoms with Crippen molar-refractivity contribution in [3.63, 3.8) is 0 Å². The van der Waals surface area contributed by atoms with Crippen LogP contribution in [0.15, 0.2) is 176 Å². The topological polar surface area (TPSA) is 23.3 Å². The molecule has 6 heteroatoms. The molecule has 6 aromatic carbocycles. The number of hydrogen-bond acceptors (Lipinski definition) is 0. The SMILES string of the molecule is Cc1cc(C)[n+](C)c(-c2cccc(C)c2C)c1.Cc1ccc(C)c(-c2c(C)ccc(C)[n+]2C)c1.Cc1ccc(C)c(-c2c(C)ccc(C)[n+]2C)c1.Cc1ccc(C)c(-c2c(C)ccc(C)[n+]2C)c1C.Cc1cccc(C)c1-c1c(C)ccc(C)[n+]1C.[2H]C([2H])([2H])c1cccc(-c2cc(C)cc(C)[n+]2C)c1C. The summed E-state index contributed by atoms with van der Waals surface area (Å²) in [5.74, 6) is 0. The van der Waals surface area contributed by atoms with E-state index in [0.29, 0.717) is 5.56 Å². The van der Waals surface area contributed by atoms with Gasteiger partial charge in [-0.3, -0.25) is 0 Å². The highest BCUT2D eigenvalue weighted by molar-refractivity contribution is 5.71. The van der Waals surface area contributed by atoms with Crippen molar-refractivity contribution in [1.82, 2.24) is 0 Å². The maximum Gasteiger partial charge on any atom is 0.215 e. The first-order valence-corrected chi connectivity index (χ1v) is 36.4. The molecule has 6 aromatic heterocycles. The third-order valence-corrected chi connectivity index (χ3v) is 21.3. The van der Waals surface area contributed by atoms with Gasteiger partial charge in [0.2, 0.25) is 34.2 Å². The normalized spacial score (nSPS) is 11.2. The Bertz CT molecular complexity index is 5040. The highest BCUT2D eigenvalue weighted by atomic mass is 15.0. The minimum absolute atomic E-state index is 0.425. The number of aromatic nitrogens is 6. The fraction of sp³-hybridized carbons (Fsp3) is 0.320. The minimum atomic E-state index is -2.07. The van der Waals surface area contributed by atoms with Gasteiger partial charge in [-0.2, -0.15) is 27.4 Å². The van der Waals surface area contributed by atoms with Gasteiger partial charge in [0, 0.05) is 139 Å². The molecular formula is C97H122N6+6. The third kappa shape index (κ3) is 18.9. The molecule has 0 saturated heterocycles. The lowest BCUT2D eigenvalue weighted by atomic mass is 9.93. The maximum absolute atomic E-state index is 7.64. The van der Waals surface area contributed by atoms with Crippen LogP contribution in [0.3, 0.4) is 0 Å². The van der Waals surface area contributed by atoms with Gasteiger partial charge in [0.1, 0.15) is 42.3 Å². The third-order valence-electron chi connectivity index (χ3n) is 21.3. The molecule has 6 heterocycles. The molecule has 12 rings (SSSR count). The molecule has 0 aliphatic heterocycles. The van der Waals surface area contributed by atoms with E-state index in [0.717, 1.165) is 22.5 Å². The summed E-state index contributed by atoms with van der Waals surface area (Å²) in [6.45, 7) is 49.5. The van der Waals surface area contributed by atoms with Crippen LogP contribution < -0.4 is 27.4 Å². The first kappa shape index (κ1) is 75.9. The lowest BCUT2D eigenvalue weighted by Gasteiger charge is -2.13. The summed E-state index contributed by atoms with van der Waals surface area (Å²) in [6.07, 6.45) is 0. The fourth-order valence-corrected chi connectivity index (χ4v) is 13.9. The Balaban J connectivity index is 0.000000178. The number of hydrogen-bond donors (Lipinski definition) is 0. The van der Waals surface area contributed by atoms with E-state index in [1.54, 1.807) is 6.07 Å². The van der Waals surface area contributed by atoms with E-state index in [9.17, 15) is 0 Å². The van der Waals surface area contributed by atoms with Gasteiger partial charge >= 0.3 is 0 Å². The molecule has 0 amide bonds. The predicted octanol–water partition coefficient (Wildman–Crippen LogP) is 20.8. The quantitative estimate of drug-likeness (QED) is 0.148. The van der Waals surface area contributed by atoms with Gasteiger partial charge < -0.3 is 0 Å². The van der Waals surface area contributed by atoms with Gasteiger partial charge in [-0.25, -0.2) is 0 Å². The largest absolute Gasteiger partial charge is 0.215 e. The van der Waals surface area contributed by atoms with Crippen LogP contribution in [0.5, 0.6) is 0 Å². The average molecular weight is 1380 g/mol. The van der Waals surface area contributed by atoms with Gasteiger partial charge in [0.15, 0.2) is 34.2 Å². The van der Waals surface area contributed by atoms with Crippen LogP contribution in [0.1, 0.15) is 144 Å². The van der Waals surface area contributed by atoms with E-state index in [1.807, 2.05) is 26.1 Å². The Morgan fingerprint density at radius 3 is 0.893 bits per heavy atom. The molecule has 0 spiro atoms. The summed E-state index contributed by atoms with van der Waals surface area (Å²) in [5.41, 5.74) is 46.9. The van der Waals surface area contributed by atoms with E-state index >= 15 is 0 Å². The number of rotatable bonds is 6. The molecule has 6 nitrogen and oxygen atoms in total. The van der Waals surface area contributed by atoms with Gasteiger partial charge in [0.05, 0.1) is 11.1 Å². The van der Waals surface area contributed by atoms with Crippen LogP contribution in [-0.4, -0.2) is 0 Å². The molecule has 0 aliphatic rings. The molecule has 0 unspecified atom stereocenters. The van der Waals surface area contributed by atoms with Crippen molar-refractivity contribution < 1.29 is 31.5 Å². The molecule has 0 radical (unpaired) electrons. The molecule has 12 aromatic rings. The number of aryl methyl sites for hydroxylation is 22. The van der Waals surface area contributed by atoms with Gasteiger partial charge in [-0.05, 0) is 252 Å². The Labute approximate surface area is 626 Å². The first-order valence-electron chi connectivity index (χ1n) is 37.9. The summed E-state index contributed by atoms with van der Waals surface area (Å²) in [7, 11) is 12.7. The lowest BCUT2D eigenvalue weighted by Crippen LogP contribution is -2.35. The van der Waals surface area contributed by atoms with Crippen molar-refractivity contribution in [1.29, 1.82) is 0 Å². The lowest BCUT2D eigenvalue weighted by molar-refractivity contribution is -0.667. The minimum Gasteiger partial charge on any atom is -0.199 e. The highest BCUT2D eigenvalue weighted by Crippen LogP contribution is 2.32. The van der Waals surface area contributed by atoms with E-state index in [-0.39, 0.29) is 0 Å². The number of benzene rings is 6. The molecule has 0 bridgehead atoms. The maximum atomic E-state index is 7.64. The second kappa shape index (κ2) is 34.9. The summed E-state index contributed by atoms with van der Waals surface area (Å²) < 4.78 is 36.4. The van der Waals surface area contributed by atoms with Crippen LogP contribution in [-0.2, 0) is 42.3 Å². The Kier molecular flexibility index (Phi) is 25.7. The van der Waals surface area contributed by atoms with Crippen molar-refractivity contribution in [3.8, 4) is 67.5 Å². The highest BCUT2D eigenvalue weighted by Gasteiger charge is 2.24. The zero-order valence-electron chi connectivity index (χ0n) is 71.4. The van der Waals surface area contributed by atoms with Crippen molar-refractivity contribution in [2.45, 2.75) is 173 Å². The van der Waals surface area contributed by atoms with Crippen LogP contribution in [0.4, 0.5) is 0 Å². The smallest absolute Gasteiger partial charge is 0.199 e. The van der Waals surface area contributed by atoms with Crippen LogP contribution >= 0.6 is 0 Å². The predicted molar refractivity (Wildman–Crippen MR) is 437 cm³/mol. The molecule has 0 N–H and O–H groups in total. The Morgan fingerprint density at radius 1 is 0.204 bits per heavy atom. The van der Waals surface area contributed by atoms with E-state index in [4.69, 9.17) is 4.11 Å². The summed E-state index contributed by atoms with van der Waals surface area (Å²) >= 11 is 0. The van der Waals surface area contributed by atoms with E-state index < -0.39 is 6.85 Å². The number of nitrogens with zero attached hydrogens (tertiary/aromatic N) is 6. The zero-order valence-corrected chi connectivity index (χ0v) is 68.4. The van der Waals surface area contributed by atoms with Crippen LogP contribution in [0.2, 0.25) is 0 Å². The summed E-state index contributed by atoms with van der Waals surface area (Å²) in [6, 6.07) is 62.4. The zero-order chi connectivity index (χ0) is 78.8. The molecule has 0 saturated carbocycles. The number of pyridine rings is 6. The molecule has 0 atom stereocenters. The monoisotopic (exact) mass is 1370 g/mol. The fourth-order valence-electron chi connectivity index (χ4n) is 13.9. The van der Waals surface area contributed by atoms with Crippen molar-refractivity contribution >= 4 is 0 Å². The molecule has 0 aliphatic carbocycles. The van der Waals surface area contributed by atoms with Gasteiger partial charge in [0.25, 0.3) is 0 Å². The summed E-state index contributed by atoms with van der Waals surface area (Å²) in [4.78, 5) is 0. The van der Waals surface area contributed by atoms with Crippen LogP contribution in [0, 0.1) is 173 Å². The van der Waals surface area contributed by atoms with E-state index in [2.05, 4.69) is 380 Å². The first-order chi connectivity index (χ1) is 49.7. The molecule has 534 valence electrons. The van der Waals surface area contributed by atoms with Crippen LogP contribution in [0.25, 0.3) is 67.5 Å². The molecule has 0 fully saturated rings. The van der Waals surface area contributed by atoms with Gasteiger partial charge in [-0.1, -0.05) is 90.0 Å². The van der Waals surface area contributed by atoms with Crippen molar-refractivity contribution in [3.05, 3.63) is 316 Å². The van der Waals surface area contributed by atoms with Crippen molar-refractivity contribution in [2.75, 3.05) is 0 Å². The molecular weight excluding hydrogens is 1250 g/mol. The standard InChI is InChI=1S/C17H22N.5C16H20N/c1-11-7-8-12(2)16(15(11)5)17-13(3)9-10-14(4)18(17)6;2*1-11-6-7-12(2)15(10-11)16-13(3)8-9-14(4)17(16)5;2*1-11-9-13(3)17(5)16(10-11)15-8-6-7-12(2)14(15)4;1-11-7-6-8-12(2)15(11)16-13(3)9-10-14(4)17(16)5/h7-10H,1-6H3;5*6-10H,1-5H3/q6*+1/i;;;2D3;;. The average Bonchev–Trinajstić information content (AvgIpc) is 0.779. The van der Waals surface area contributed by atoms with E-state index in [1.165, 1.54) is 179 Å².